The number of sulfonamides is 1. The first-order valence-corrected chi connectivity index (χ1v) is 11.7. The molecule has 176 valence electrons. The lowest BCUT2D eigenvalue weighted by Gasteiger charge is -2.13. The maximum atomic E-state index is 14.7. The Kier molecular flexibility index (Phi) is 6.69. The van der Waals surface area contributed by atoms with Gasteiger partial charge in [-0.15, -0.1) is 0 Å². The normalized spacial score (nSPS) is 13.1. The van der Waals surface area contributed by atoms with E-state index in [-0.39, 0.29) is 28.3 Å². The number of nitrogens with one attached hydrogen (secondary N) is 2. The molecule has 1 heterocycles. The van der Waals surface area contributed by atoms with Crippen molar-refractivity contribution >= 4 is 21.5 Å². The van der Waals surface area contributed by atoms with Crippen molar-refractivity contribution in [2.24, 2.45) is 0 Å². The van der Waals surface area contributed by atoms with Crippen LogP contribution in [0.2, 0.25) is 0 Å². The van der Waals surface area contributed by atoms with Gasteiger partial charge in [-0.2, -0.15) is 13.2 Å². The molecule has 0 aliphatic rings. The molecule has 0 radical (unpaired) electrons. The first-order valence-electron chi connectivity index (χ1n) is 10.0. The summed E-state index contributed by atoms with van der Waals surface area (Å²) in [6.07, 6.45) is -4.50. The molecule has 1 atom stereocenters. The quantitative estimate of drug-likeness (QED) is 0.339. The van der Waals surface area contributed by atoms with Gasteiger partial charge in [-0.1, -0.05) is 25.1 Å². The second-order valence-corrected chi connectivity index (χ2v) is 9.66. The van der Waals surface area contributed by atoms with Gasteiger partial charge in [0.25, 0.3) is 0 Å². The Bertz CT molecular complexity index is 1280. The number of hydrogen-bond acceptors (Lipinski definition) is 3. The number of aromatic amines is 1. The first-order chi connectivity index (χ1) is 15.3. The predicted molar refractivity (Wildman–Crippen MR) is 117 cm³/mol. The highest BCUT2D eigenvalue weighted by molar-refractivity contribution is 7.92. The fourth-order valence-corrected chi connectivity index (χ4v) is 4.00. The lowest BCUT2D eigenvalue weighted by Crippen LogP contribution is -2.15. The maximum absolute atomic E-state index is 14.7. The highest BCUT2D eigenvalue weighted by Gasteiger charge is 2.30. The Labute approximate surface area is 188 Å². The Morgan fingerprint density at radius 3 is 2.27 bits per heavy atom. The number of ketones is 1. The number of H-pyrrole nitrogens is 1. The van der Waals surface area contributed by atoms with Crippen molar-refractivity contribution in [3.8, 4) is 0 Å². The molecule has 0 spiro atoms. The summed E-state index contributed by atoms with van der Waals surface area (Å²) < 4.78 is 78.7. The van der Waals surface area contributed by atoms with E-state index < -0.39 is 39.3 Å². The van der Waals surface area contributed by atoms with Gasteiger partial charge in [0.05, 0.1) is 22.7 Å². The van der Waals surface area contributed by atoms with Crippen molar-refractivity contribution in [2.75, 3.05) is 10.5 Å². The van der Waals surface area contributed by atoms with E-state index in [1.54, 1.807) is 19.9 Å². The molecular formula is C23H22F4N2O3S. The Hall–Kier alpha value is -3.14. The molecule has 3 aromatic rings. The highest BCUT2D eigenvalue weighted by Crippen LogP contribution is 2.31. The number of alkyl halides is 3. The van der Waals surface area contributed by atoms with Gasteiger partial charge in [0, 0.05) is 17.2 Å². The topological polar surface area (TPSA) is 79.0 Å². The molecule has 33 heavy (non-hydrogen) atoms. The molecular weight excluding hydrogens is 460 g/mol. The summed E-state index contributed by atoms with van der Waals surface area (Å²) in [7, 11) is -3.55. The van der Waals surface area contributed by atoms with E-state index in [4.69, 9.17) is 0 Å². The Balaban J connectivity index is 1.85. The largest absolute Gasteiger partial charge is 0.416 e. The molecule has 0 saturated carbocycles. The molecule has 10 heteroatoms. The third-order valence-corrected chi connectivity index (χ3v) is 6.63. The summed E-state index contributed by atoms with van der Waals surface area (Å²) in [5, 5.41) is 0. The number of halogens is 4. The van der Waals surface area contributed by atoms with Gasteiger partial charge in [0.1, 0.15) is 5.82 Å². The summed E-state index contributed by atoms with van der Waals surface area (Å²) in [6, 6.07) is 9.59. The fourth-order valence-electron chi connectivity index (χ4n) is 3.37. The van der Waals surface area contributed by atoms with Crippen LogP contribution in [0.5, 0.6) is 0 Å². The SMILES string of the molecule is CCS(=O)(=O)Nc1ccc(C(C)c2cc(C)c(C(=O)c3ccc(C(F)(F)F)cc3)[nH]2)c(F)c1. The standard InChI is InChI=1S/C23H22F4N2O3S/c1-4-33(31,32)29-17-9-10-18(19(24)12-17)14(3)20-11-13(2)21(28-20)22(30)15-5-7-16(8-6-15)23(25,26)27/h5-12,14,28-29H,4H2,1-3H3. The second kappa shape index (κ2) is 9.01. The smallest absolute Gasteiger partial charge is 0.355 e. The van der Waals surface area contributed by atoms with E-state index in [2.05, 4.69) is 9.71 Å². The van der Waals surface area contributed by atoms with Crippen molar-refractivity contribution in [1.29, 1.82) is 0 Å². The van der Waals surface area contributed by atoms with Crippen LogP contribution in [-0.2, 0) is 16.2 Å². The van der Waals surface area contributed by atoms with Crippen LogP contribution in [0.1, 0.15) is 58.2 Å². The van der Waals surface area contributed by atoms with Crippen LogP contribution in [0.15, 0.2) is 48.5 Å². The summed E-state index contributed by atoms with van der Waals surface area (Å²) in [5.74, 6) is -1.76. The van der Waals surface area contributed by atoms with E-state index in [0.29, 0.717) is 11.3 Å². The van der Waals surface area contributed by atoms with E-state index in [0.717, 1.165) is 30.3 Å². The van der Waals surface area contributed by atoms with E-state index in [1.165, 1.54) is 19.1 Å². The van der Waals surface area contributed by atoms with Crippen molar-refractivity contribution in [2.45, 2.75) is 32.9 Å². The third-order valence-electron chi connectivity index (χ3n) is 5.32. The zero-order valence-corrected chi connectivity index (χ0v) is 18.9. The van der Waals surface area contributed by atoms with E-state index >= 15 is 0 Å². The minimum Gasteiger partial charge on any atom is -0.355 e. The molecule has 0 bridgehead atoms. The number of hydrogen-bond donors (Lipinski definition) is 2. The zero-order chi connectivity index (χ0) is 24.6. The molecule has 1 unspecified atom stereocenters. The summed E-state index contributed by atoms with van der Waals surface area (Å²) in [4.78, 5) is 15.8. The minimum absolute atomic E-state index is 0.0888. The van der Waals surface area contributed by atoms with Crippen molar-refractivity contribution in [3.63, 3.8) is 0 Å². The van der Waals surface area contributed by atoms with Crippen LogP contribution in [-0.4, -0.2) is 24.9 Å². The number of benzene rings is 2. The van der Waals surface area contributed by atoms with Gasteiger partial charge in [0.2, 0.25) is 15.8 Å². The third kappa shape index (κ3) is 5.44. The van der Waals surface area contributed by atoms with Gasteiger partial charge < -0.3 is 4.98 Å². The maximum Gasteiger partial charge on any atom is 0.416 e. The average molecular weight is 482 g/mol. The molecule has 0 amide bonds. The lowest BCUT2D eigenvalue weighted by atomic mass is 9.97. The summed E-state index contributed by atoms with van der Waals surface area (Å²) >= 11 is 0. The molecule has 2 aromatic carbocycles. The molecule has 0 aliphatic carbocycles. The summed E-state index contributed by atoms with van der Waals surface area (Å²) in [5.41, 5.74) is 0.917. The number of anilines is 1. The van der Waals surface area contributed by atoms with Gasteiger partial charge in [-0.05, 0) is 55.3 Å². The first kappa shape index (κ1) is 24.5. The van der Waals surface area contributed by atoms with Crippen LogP contribution in [0.3, 0.4) is 0 Å². The van der Waals surface area contributed by atoms with Crippen LogP contribution in [0.4, 0.5) is 23.2 Å². The molecule has 1 aromatic heterocycles. The van der Waals surface area contributed by atoms with Crippen molar-refractivity contribution in [1.82, 2.24) is 4.98 Å². The molecule has 0 saturated heterocycles. The molecule has 2 N–H and O–H groups in total. The molecule has 3 rings (SSSR count). The second-order valence-electron chi connectivity index (χ2n) is 7.65. The zero-order valence-electron chi connectivity index (χ0n) is 18.0. The van der Waals surface area contributed by atoms with Gasteiger partial charge >= 0.3 is 6.18 Å². The van der Waals surface area contributed by atoms with Crippen molar-refractivity contribution < 1.29 is 30.8 Å². The van der Waals surface area contributed by atoms with Crippen LogP contribution >= 0.6 is 0 Å². The Morgan fingerprint density at radius 2 is 1.73 bits per heavy atom. The van der Waals surface area contributed by atoms with Gasteiger partial charge in [-0.25, -0.2) is 12.8 Å². The lowest BCUT2D eigenvalue weighted by molar-refractivity contribution is -0.137. The minimum atomic E-state index is -4.50. The van der Waals surface area contributed by atoms with Crippen LogP contribution in [0.25, 0.3) is 0 Å². The summed E-state index contributed by atoms with van der Waals surface area (Å²) in [6.45, 7) is 4.85. The molecule has 0 fully saturated rings. The molecule has 5 nitrogen and oxygen atoms in total. The number of rotatable bonds is 7. The van der Waals surface area contributed by atoms with E-state index in [1.807, 2.05) is 0 Å². The molecule has 0 aliphatic heterocycles. The number of aryl methyl sites for hydroxylation is 1. The predicted octanol–water partition coefficient (Wildman–Crippen LogP) is 5.63. The fraction of sp³-hybridized carbons (Fsp3) is 0.261. The van der Waals surface area contributed by atoms with Gasteiger partial charge in [0.15, 0.2) is 0 Å². The van der Waals surface area contributed by atoms with Crippen LogP contribution in [0, 0.1) is 12.7 Å². The van der Waals surface area contributed by atoms with Gasteiger partial charge in [-0.3, -0.25) is 9.52 Å². The number of carbonyl (C=O) groups excluding carboxylic acids is 1. The van der Waals surface area contributed by atoms with E-state index in [9.17, 15) is 30.8 Å². The van der Waals surface area contributed by atoms with Crippen molar-refractivity contribution in [3.05, 3.63) is 88.0 Å². The highest BCUT2D eigenvalue weighted by atomic mass is 32.2. The van der Waals surface area contributed by atoms with Crippen LogP contribution < -0.4 is 4.72 Å². The number of aromatic nitrogens is 1. The Morgan fingerprint density at radius 1 is 1.09 bits per heavy atom. The average Bonchev–Trinajstić information content (AvgIpc) is 3.13. The number of carbonyl (C=O) groups is 1. The monoisotopic (exact) mass is 482 g/mol.